The fourth-order valence-electron chi connectivity index (χ4n) is 2.28. The topological polar surface area (TPSA) is 69.0 Å². The SMILES string of the molecule is Cc1ccc(OCc2nnc(SCC(=O)Nc3ccc(Br)c(Cl)c3)n2C)cc1. The van der Waals surface area contributed by atoms with Crippen molar-refractivity contribution in [1.29, 1.82) is 0 Å². The maximum absolute atomic E-state index is 12.2. The predicted octanol–water partition coefficient (Wildman–Crippen LogP) is 4.85. The van der Waals surface area contributed by atoms with Crippen LogP contribution < -0.4 is 10.1 Å². The zero-order valence-electron chi connectivity index (χ0n) is 15.3. The number of ether oxygens (including phenoxy) is 1. The molecular formula is C19H18BrClN4O2S. The third kappa shape index (κ3) is 5.50. The zero-order valence-corrected chi connectivity index (χ0v) is 18.4. The van der Waals surface area contributed by atoms with Crippen molar-refractivity contribution in [3.8, 4) is 5.75 Å². The van der Waals surface area contributed by atoms with E-state index in [1.54, 1.807) is 18.2 Å². The summed E-state index contributed by atoms with van der Waals surface area (Å²) in [7, 11) is 1.85. The molecule has 0 radical (unpaired) electrons. The van der Waals surface area contributed by atoms with Crippen molar-refractivity contribution in [2.24, 2.45) is 7.05 Å². The Morgan fingerprint density at radius 3 is 2.71 bits per heavy atom. The molecule has 3 rings (SSSR count). The van der Waals surface area contributed by atoms with Crippen LogP contribution in [0.15, 0.2) is 52.1 Å². The number of halogens is 2. The van der Waals surface area contributed by atoms with Gasteiger partial charge >= 0.3 is 0 Å². The summed E-state index contributed by atoms with van der Waals surface area (Å²) >= 11 is 10.7. The number of aromatic nitrogens is 3. The van der Waals surface area contributed by atoms with Gasteiger partial charge in [0.2, 0.25) is 5.91 Å². The van der Waals surface area contributed by atoms with Gasteiger partial charge in [0.15, 0.2) is 11.0 Å². The Morgan fingerprint density at radius 1 is 1.25 bits per heavy atom. The molecule has 0 bridgehead atoms. The molecule has 6 nitrogen and oxygen atoms in total. The van der Waals surface area contributed by atoms with E-state index in [9.17, 15) is 4.79 Å². The Balaban J connectivity index is 1.52. The van der Waals surface area contributed by atoms with Gasteiger partial charge in [-0.1, -0.05) is 41.1 Å². The first-order valence-corrected chi connectivity index (χ1v) is 10.5. The molecule has 0 saturated heterocycles. The van der Waals surface area contributed by atoms with Crippen LogP contribution in [0.2, 0.25) is 5.02 Å². The number of nitrogens with zero attached hydrogens (tertiary/aromatic N) is 3. The highest BCUT2D eigenvalue weighted by molar-refractivity contribution is 9.10. The lowest BCUT2D eigenvalue weighted by Gasteiger charge is -2.07. The Labute approximate surface area is 180 Å². The molecule has 1 N–H and O–H groups in total. The molecule has 2 aromatic carbocycles. The molecule has 146 valence electrons. The van der Waals surface area contributed by atoms with Gasteiger partial charge in [-0.3, -0.25) is 4.79 Å². The van der Waals surface area contributed by atoms with Gasteiger partial charge in [-0.25, -0.2) is 0 Å². The molecule has 3 aromatic rings. The van der Waals surface area contributed by atoms with Crippen molar-refractivity contribution >= 4 is 50.9 Å². The van der Waals surface area contributed by atoms with Crippen LogP contribution in [-0.4, -0.2) is 26.4 Å². The van der Waals surface area contributed by atoms with Gasteiger partial charge in [0.25, 0.3) is 0 Å². The maximum Gasteiger partial charge on any atom is 0.234 e. The van der Waals surface area contributed by atoms with E-state index in [1.165, 1.54) is 17.3 Å². The van der Waals surface area contributed by atoms with Gasteiger partial charge in [-0.2, -0.15) is 0 Å². The van der Waals surface area contributed by atoms with E-state index < -0.39 is 0 Å². The van der Waals surface area contributed by atoms with E-state index in [1.807, 2.05) is 42.8 Å². The Bertz CT molecular complexity index is 979. The van der Waals surface area contributed by atoms with Crippen LogP contribution in [0.25, 0.3) is 0 Å². The second kappa shape index (κ2) is 9.45. The number of nitrogens with one attached hydrogen (secondary N) is 1. The monoisotopic (exact) mass is 480 g/mol. The standard InChI is InChI=1S/C19H18BrClN4O2S/c1-12-3-6-14(7-4-12)27-10-17-23-24-19(25(17)2)28-11-18(26)22-13-5-8-15(20)16(21)9-13/h3-9H,10-11H2,1-2H3,(H,22,26). The third-order valence-electron chi connectivity index (χ3n) is 3.85. The van der Waals surface area contributed by atoms with Gasteiger partial charge in [-0.15, -0.1) is 10.2 Å². The summed E-state index contributed by atoms with van der Waals surface area (Å²) in [5.41, 5.74) is 1.82. The van der Waals surface area contributed by atoms with Crippen LogP contribution in [0.4, 0.5) is 5.69 Å². The number of hydrogen-bond acceptors (Lipinski definition) is 5. The van der Waals surface area contributed by atoms with Crippen LogP contribution in [-0.2, 0) is 18.4 Å². The molecule has 9 heteroatoms. The largest absolute Gasteiger partial charge is 0.486 e. The number of hydrogen-bond donors (Lipinski definition) is 1. The van der Waals surface area contributed by atoms with Crippen LogP contribution >= 0.6 is 39.3 Å². The Morgan fingerprint density at radius 2 is 2.00 bits per heavy atom. The van der Waals surface area contributed by atoms with E-state index in [4.69, 9.17) is 16.3 Å². The quantitative estimate of drug-likeness (QED) is 0.489. The molecular weight excluding hydrogens is 464 g/mol. The first kappa shape index (κ1) is 20.7. The number of carbonyl (C=O) groups excluding carboxylic acids is 1. The van der Waals surface area contributed by atoms with Gasteiger partial charge in [0.05, 0.1) is 10.8 Å². The highest BCUT2D eigenvalue weighted by Crippen LogP contribution is 2.26. The van der Waals surface area contributed by atoms with E-state index >= 15 is 0 Å². The summed E-state index contributed by atoms with van der Waals surface area (Å²) in [5, 5.41) is 12.3. The lowest BCUT2D eigenvalue weighted by atomic mass is 10.2. The van der Waals surface area contributed by atoms with Crippen LogP contribution in [0, 0.1) is 6.92 Å². The number of rotatable bonds is 7. The van der Waals surface area contributed by atoms with E-state index in [2.05, 4.69) is 31.4 Å². The summed E-state index contributed by atoms with van der Waals surface area (Å²) in [5.74, 6) is 1.51. The first-order valence-electron chi connectivity index (χ1n) is 8.38. The number of anilines is 1. The molecule has 1 amide bonds. The Hall–Kier alpha value is -2.03. The highest BCUT2D eigenvalue weighted by atomic mass is 79.9. The van der Waals surface area contributed by atoms with Crippen molar-refractivity contribution in [3.05, 3.63) is 63.3 Å². The van der Waals surface area contributed by atoms with Gasteiger partial charge in [0.1, 0.15) is 12.4 Å². The summed E-state index contributed by atoms with van der Waals surface area (Å²) in [4.78, 5) is 12.2. The highest BCUT2D eigenvalue weighted by Gasteiger charge is 2.12. The predicted molar refractivity (Wildman–Crippen MR) is 115 cm³/mol. The number of benzene rings is 2. The molecule has 0 aliphatic heterocycles. The average molecular weight is 482 g/mol. The summed E-state index contributed by atoms with van der Waals surface area (Å²) in [6, 6.07) is 13.1. The van der Waals surface area contributed by atoms with Gasteiger partial charge in [-0.05, 0) is 53.2 Å². The molecule has 1 aromatic heterocycles. The first-order chi connectivity index (χ1) is 13.4. The van der Waals surface area contributed by atoms with E-state index in [-0.39, 0.29) is 11.7 Å². The minimum atomic E-state index is -0.149. The van der Waals surface area contributed by atoms with E-state index in [0.29, 0.717) is 28.3 Å². The molecule has 0 spiro atoms. The second-order valence-electron chi connectivity index (χ2n) is 6.03. The van der Waals surface area contributed by atoms with Crippen molar-refractivity contribution < 1.29 is 9.53 Å². The molecule has 0 aliphatic rings. The van der Waals surface area contributed by atoms with Crippen molar-refractivity contribution in [3.63, 3.8) is 0 Å². The summed E-state index contributed by atoms with van der Waals surface area (Å²) in [6.45, 7) is 2.33. The van der Waals surface area contributed by atoms with E-state index in [0.717, 1.165) is 10.2 Å². The lowest BCUT2D eigenvalue weighted by Crippen LogP contribution is -2.14. The van der Waals surface area contributed by atoms with Crippen LogP contribution in [0.3, 0.4) is 0 Å². The molecule has 0 fully saturated rings. The Kier molecular flexibility index (Phi) is 6.98. The van der Waals surface area contributed by atoms with Crippen molar-refractivity contribution in [1.82, 2.24) is 14.8 Å². The molecule has 0 aliphatic carbocycles. The molecule has 0 atom stereocenters. The minimum Gasteiger partial charge on any atom is -0.486 e. The summed E-state index contributed by atoms with van der Waals surface area (Å²) < 4.78 is 8.34. The summed E-state index contributed by atoms with van der Waals surface area (Å²) in [6.07, 6.45) is 0. The molecule has 1 heterocycles. The third-order valence-corrected chi connectivity index (χ3v) is 6.10. The minimum absolute atomic E-state index is 0.149. The number of carbonyl (C=O) groups is 1. The molecule has 28 heavy (non-hydrogen) atoms. The van der Waals surface area contributed by atoms with Gasteiger partial charge in [0, 0.05) is 17.2 Å². The number of aryl methyl sites for hydroxylation is 1. The molecule has 0 saturated carbocycles. The van der Waals surface area contributed by atoms with Crippen molar-refractivity contribution in [2.45, 2.75) is 18.7 Å². The fourth-order valence-corrected chi connectivity index (χ4v) is 3.44. The van der Waals surface area contributed by atoms with Crippen molar-refractivity contribution in [2.75, 3.05) is 11.1 Å². The molecule has 0 unspecified atom stereocenters. The maximum atomic E-state index is 12.2. The lowest BCUT2D eigenvalue weighted by molar-refractivity contribution is -0.113. The smallest absolute Gasteiger partial charge is 0.234 e. The normalized spacial score (nSPS) is 10.7. The second-order valence-corrected chi connectivity index (χ2v) is 8.23. The van der Waals surface area contributed by atoms with Crippen LogP contribution in [0.1, 0.15) is 11.4 Å². The van der Waals surface area contributed by atoms with Gasteiger partial charge < -0.3 is 14.6 Å². The zero-order chi connectivity index (χ0) is 20.1. The van der Waals surface area contributed by atoms with Crippen LogP contribution in [0.5, 0.6) is 5.75 Å². The number of thioether (sulfide) groups is 1. The average Bonchev–Trinajstić information content (AvgIpc) is 3.02. The fraction of sp³-hybridized carbons (Fsp3) is 0.211. The number of amides is 1.